The van der Waals surface area contributed by atoms with Gasteiger partial charge < -0.3 is 10.0 Å². The number of hydrogen-bond acceptors (Lipinski definition) is 4. The summed E-state index contributed by atoms with van der Waals surface area (Å²) in [6.45, 7) is 4.73. The van der Waals surface area contributed by atoms with Gasteiger partial charge in [-0.05, 0) is 37.6 Å². The smallest absolute Gasteiger partial charge is 0.222 e. The largest absolute Gasteiger partial charge is 0.508 e. The molecule has 1 amide bonds. The topological polar surface area (TPSA) is 47.0 Å². The monoisotopic (exact) mass is 317 g/mol. The molecule has 2 heterocycles. The summed E-state index contributed by atoms with van der Waals surface area (Å²) in [5.74, 6) is 0.591. The molecular formula is C18H27N3O2. The van der Waals surface area contributed by atoms with Gasteiger partial charge in [-0.3, -0.25) is 14.6 Å². The van der Waals surface area contributed by atoms with E-state index < -0.39 is 0 Å². The number of piperazine rings is 1. The van der Waals surface area contributed by atoms with E-state index in [1.165, 1.54) is 0 Å². The van der Waals surface area contributed by atoms with Gasteiger partial charge in [-0.15, -0.1) is 0 Å². The molecule has 1 spiro atoms. The molecule has 1 aromatic carbocycles. The van der Waals surface area contributed by atoms with Gasteiger partial charge in [0.05, 0.1) is 0 Å². The standard InChI is InChI=1S/C18H27N3O2/c1-19-9-8-18(7-6-17(19)23)14-21(11-10-20(18)2)13-15-4-3-5-16(22)12-15/h3-5,12,22H,6-11,13-14H2,1-2H3/t18-/m0/s1. The molecule has 0 aromatic heterocycles. The average Bonchev–Trinajstić information content (AvgIpc) is 2.66. The number of phenolic OH excluding ortho intramolecular Hbond substituents is 1. The Bertz CT molecular complexity index is 577. The van der Waals surface area contributed by atoms with Crippen molar-refractivity contribution in [1.82, 2.24) is 14.7 Å². The minimum Gasteiger partial charge on any atom is -0.508 e. The molecule has 3 rings (SSSR count). The van der Waals surface area contributed by atoms with Crippen molar-refractivity contribution in [1.29, 1.82) is 0 Å². The quantitative estimate of drug-likeness (QED) is 0.898. The molecule has 0 unspecified atom stereocenters. The van der Waals surface area contributed by atoms with E-state index in [2.05, 4.69) is 22.9 Å². The van der Waals surface area contributed by atoms with Crippen LogP contribution < -0.4 is 0 Å². The number of amides is 1. The maximum absolute atomic E-state index is 12.0. The molecule has 0 bridgehead atoms. The fourth-order valence-electron chi connectivity index (χ4n) is 3.89. The van der Waals surface area contributed by atoms with E-state index >= 15 is 0 Å². The Morgan fingerprint density at radius 2 is 2.00 bits per heavy atom. The first-order valence-electron chi connectivity index (χ1n) is 8.44. The van der Waals surface area contributed by atoms with Gasteiger partial charge in [-0.25, -0.2) is 0 Å². The number of phenols is 1. The summed E-state index contributed by atoms with van der Waals surface area (Å²) in [6, 6.07) is 7.52. The maximum Gasteiger partial charge on any atom is 0.222 e. The number of carbonyl (C=O) groups is 1. The molecule has 126 valence electrons. The number of benzene rings is 1. The first kappa shape index (κ1) is 16.3. The molecule has 0 radical (unpaired) electrons. The summed E-state index contributed by atoms with van der Waals surface area (Å²) < 4.78 is 0. The van der Waals surface area contributed by atoms with Gasteiger partial charge in [0.1, 0.15) is 5.75 Å². The Balaban J connectivity index is 1.72. The van der Waals surface area contributed by atoms with Crippen molar-refractivity contribution in [2.75, 3.05) is 40.3 Å². The second-order valence-electron chi connectivity index (χ2n) is 7.09. The molecule has 0 aliphatic carbocycles. The van der Waals surface area contributed by atoms with E-state index in [0.29, 0.717) is 12.2 Å². The molecule has 23 heavy (non-hydrogen) atoms. The normalized spacial score (nSPS) is 27.4. The number of nitrogens with zero attached hydrogens (tertiary/aromatic N) is 3. The van der Waals surface area contributed by atoms with Crippen LogP contribution in [0.3, 0.4) is 0 Å². The van der Waals surface area contributed by atoms with E-state index in [9.17, 15) is 9.90 Å². The number of rotatable bonds is 2. The van der Waals surface area contributed by atoms with Crippen LogP contribution in [0.25, 0.3) is 0 Å². The van der Waals surface area contributed by atoms with Crippen LogP contribution >= 0.6 is 0 Å². The van der Waals surface area contributed by atoms with Gasteiger partial charge in [-0.1, -0.05) is 12.1 Å². The molecule has 2 aliphatic rings. The molecule has 5 nitrogen and oxygen atoms in total. The van der Waals surface area contributed by atoms with Crippen LogP contribution in [-0.2, 0) is 11.3 Å². The molecule has 0 saturated carbocycles. The predicted octanol–water partition coefficient (Wildman–Crippen LogP) is 1.52. The highest BCUT2D eigenvalue weighted by Gasteiger charge is 2.41. The highest BCUT2D eigenvalue weighted by Crippen LogP contribution is 2.32. The molecule has 1 atom stereocenters. The zero-order valence-corrected chi connectivity index (χ0v) is 14.2. The Morgan fingerprint density at radius 1 is 1.17 bits per heavy atom. The van der Waals surface area contributed by atoms with Gasteiger partial charge in [-0.2, -0.15) is 0 Å². The number of carbonyl (C=O) groups excluding carboxylic acids is 1. The number of likely N-dealkylation sites (N-methyl/N-ethyl adjacent to an activating group) is 1. The van der Waals surface area contributed by atoms with Crippen molar-refractivity contribution in [3.63, 3.8) is 0 Å². The van der Waals surface area contributed by atoms with Crippen LogP contribution in [0, 0.1) is 0 Å². The van der Waals surface area contributed by atoms with Gasteiger partial charge in [0.25, 0.3) is 0 Å². The van der Waals surface area contributed by atoms with E-state index in [4.69, 9.17) is 0 Å². The summed E-state index contributed by atoms with van der Waals surface area (Å²) in [6.07, 6.45) is 2.60. The molecular weight excluding hydrogens is 290 g/mol. The Labute approximate surface area is 138 Å². The first-order valence-corrected chi connectivity index (χ1v) is 8.44. The van der Waals surface area contributed by atoms with E-state index in [-0.39, 0.29) is 11.4 Å². The Morgan fingerprint density at radius 3 is 2.78 bits per heavy atom. The molecule has 1 N–H and O–H groups in total. The summed E-state index contributed by atoms with van der Waals surface area (Å²) >= 11 is 0. The van der Waals surface area contributed by atoms with E-state index in [0.717, 1.165) is 51.1 Å². The second kappa shape index (κ2) is 6.49. The zero-order valence-electron chi connectivity index (χ0n) is 14.2. The van der Waals surface area contributed by atoms with Crippen molar-refractivity contribution in [2.24, 2.45) is 0 Å². The molecule has 2 saturated heterocycles. The molecule has 1 aromatic rings. The van der Waals surface area contributed by atoms with Crippen molar-refractivity contribution < 1.29 is 9.90 Å². The summed E-state index contributed by atoms with van der Waals surface area (Å²) in [5, 5.41) is 9.65. The van der Waals surface area contributed by atoms with Crippen molar-refractivity contribution >= 4 is 5.91 Å². The zero-order chi connectivity index (χ0) is 16.4. The lowest BCUT2D eigenvalue weighted by Crippen LogP contribution is -2.60. The van der Waals surface area contributed by atoms with Crippen molar-refractivity contribution in [2.45, 2.75) is 31.3 Å². The molecule has 5 heteroatoms. The maximum atomic E-state index is 12.0. The average molecular weight is 317 g/mol. The highest BCUT2D eigenvalue weighted by molar-refractivity contribution is 5.76. The number of hydrogen-bond donors (Lipinski definition) is 1. The van der Waals surface area contributed by atoms with Crippen LogP contribution in [0.15, 0.2) is 24.3 Å². The van der Waals surface area contributed by atoms with Gasteiger partial charge in [0.15, 0.2) is 0 Å². The Hall–Kier alpha value is -1.59. The minimum absolute atomic E-state index is 0.0928. The summed E-state index contributed by atoms with van der Waals surface area (Å²) in [5.41, 5.74) is 1.24. The third-order valence-corrected chi connectivity index (χ3v) is 5.54. The van der Waals surface area contributed by atoms with Gasteiger partial charge in [0.2, 0.25) is 5.91 Å². The lowest BCUT2D eigenvalue weighted by Gasteiger charge is -2.49. The molecule has 2 aliphatic heterocycles. The van der Waals surface area contributed by atoms with Crippen molar-refractivity contribution in [3.05, 3.63) is 29.8 Å². The Kier molecular flexibility index (Phi) is 4.60. The lowest BCUT2D eigenvalue weighted by molar-refractivity contribution is -0.129. The van der Waals surface area contributed by atoms with Crippen molar-refractivity contribution in [3.8, 4) is 5.75 Å². The lowest BCUT2D eigenvalue weighted by atomic mass is 9.86. The third-order valence-electron chi connectivity index (χ3n) is 5.54. The SMILES string of the molecule is CN1CC[C@@]2(CCC1=O)CN(Cc1cccc(O)c1)CCN2C. The number of likely N-dealkylation sites (tertiary alicyclic amines) is 1. The number of aromatic hydroxyl groups is 1. The summed E-state index contributed by atoms with van der Waals surface area (Å²) in [4.78, 5) is 18.8. The highest BCUT2D eigenvalue weighted by atomic mass is 16.3. The van der Waals surface area contributed by atoms with Crippen LogP contribution in [0.1, 0.15) is 24.8 Å². The predicted molar refractivity (Wildman–Crippen MR) is 90.2 cm³/mol. The van der Waals surface area contributed by atoms with E-state index in [1.54, 1.807) is 6.07 Å². The van der Waals surface area contributed by atoms with Crippen LogP contribution in [0.2, 0.25) is 0 Å². The fourth-order valence-corrected chi connectivity index (χ4v) is 3.89. The summed E-state index contributed by atoms with van der Waals surface area (Å²) in [7, 11) is 4.11. The van der Waals surface area contributed by atoms with Gasteiger partial charge in [0, 0.05) is 51.7 Å². The molecule has 2 fully saturated rings. The van der Waals surface area contributed by atoms with Crippen LogP contribution in [-0.4, -0.2) is 71.5 Å². The first-order chi connectivity index (χ1) is 11.0. The third kappa shape index (κ3) is 3.51. The van der Waals surface area contributed by atoms with Gasteiger partial charge >= 0.3 is 0 Å². The van der Waals surface area contributed by atoms with Crippen LogP contribution in [0.5, 0.6) is 5.75 Å². The van der Waals surface area contributed by atoms with Crippen LogP contribution in [0.4, 0.5) is 0 Å². The fraction of sp³-hybridized carbons (Fsp3) is 0.611. The second-order valence-corrected chi connectivity index (χ2v) is 7.09. The minimum atomic E-state index is 0.0928. The van der Waals surface area contributed by atoms with E-state index in [1.807, 2.05) is 24.1 Å².